The fourth-order valence-corrected chi connectivity index (χ4v) is 3.57. The molecule has 0 aliphatic heterocycles. The summed E-state index contributed by atoms with van der Waals surface area (Å²) in [7, 11) is 0. The van der Waals surface area contributed by atoms with Crippen molar-refractivity contribution in [2.24, 2.45) is 5.92 Å². The van der Waals surface area contributed by atoms with E-state index in [1.54, 1.807) is 11.5 Å². The predicted octanol–water partition coefficient (Wildman–Crippen LogP) is 3.47. The van der Waals surface area contributed by atoms with Crippen LogP contribution < -0.4 is 5.32 Å². The van der Waals surface area contributed by atoms with Gasteiger partial charge in [-0.2, -0.15) is 0 Å². The summed E-state index contributed by atoms with van der Waals surface area (Å²) < 4.78 is 4.07. The first kappa shape index (κ1) is 13.0. The van der Waals surface area contributed by atoms with Crippen LogP contribution in [0.2, 0.25) is 0 Å². The molecule has 1 N–H and O–H groups in total. The van der Waals surface area contributed by atoms with E-state index >= 15 is 0 Å². The molecule has 4 heteroatoms. The average molecular weight is 253 g/mol. The number of hydrogen-bond donors (Lipinski definition) is 1. The summed E-state index contributed by atoms with van der Waals surface area (Å²) in [4.78, 5) is 1.34. The first-order valence-corrected chi connectivity index (χ1v) is 7.60. The Morgan fingerprint density at radius 2 is 2.12 bits per heavy atom. The number of nitrogens with zero attached hydrogens (tertiary/aromatic N) is 2. The molecule has 96 valence electrons. The molecule has 1 aromatic heterocycles. The van der Waals surface area contributed by atoms with Crippen molar-refractivity contribution >= 4 is 11.5 Å². The molecule has 1 fully saturated rings. The van der Waals surface area contributed by atoms with Gasteiger partial charge in [-0.05, 0) is 37.3 Å². The van der Waals surface area contributed by atoms with E-state index in [1.165, 1.54) is 43.4 Å². The number of aromatic nitrogens is 2. The molecule has 1 unspecified atom stereocenters. The molecule has 17 heavy (non-hydrogen) atoms. The van der Waals surface area contributed by atoms with Gasteiger partial charge in [-0.3, -0.25) is 0 Å². The van der Waals surface area contributed by atoms with Crippen LogP contribution >= 0.6 is 11.5 Å². The topological polar surface area (TPSA) is 37.8 Å². The van der Waals surface area contributed by atoms with Gasteiger partial charge in [0.15, 0.2) is 0 Å². The van der Waals surface area contributed by atoms with Gasteiger partial charge in [0.1, 0.15) is 0 Å². The number of aryl methyl sites for hydroxylation is 1. The van der Waals surface area contributed by atoms with E-state index in [2.05, 4.69) is 28.8 Å². The van der Waals surface area contributed by atoms with E-state index in [9.17, 15) is 0 Å². The maximum atomic E-state index is 4.14. The van der Waals surface area contributed by atoms with Crippen molar-refractivity contribution in [2.75, 3.05) is 6.54 Å². The van der Waals surface area contributed by atoms with E-state index in [0.717, 1.165) is 18.2 Å². The fourth-order valence-electron chi connectivity index (χ4n) is 2.84. The van der Waals surface area contributed by atoms with Crippen LogP contribution in [0.15, 0.2) is 0 Å². The Morgan fingerprint density at radius 1 is 1.35 bits per heavy atom. The fraction of sp³-hybridized carbons (Fsp3) is 0.846. The summed E-state index contributed by atoms with van der Waals surface area (Å²) in [6.07, 6.45) is 8.36. The normalized spacial score (nSPS) is 19.4. The van der Waals surface area contributed by atoms with Crippen LogP contribution in [-0.4, -0.2) is 16.1 Å². The van der Waals surface area contributed by atoms with Crippen molar-refractivity contribution < 1.29 is 0 Å². The highest BCUT2D eigenvalue weighted by atomic mass is 32.1. The van der Waals surface area contributed by atoms with Gasteiger partial charge in [0.2, 0.25) is 0 Å². The second kappa shape index (κ2) is 6.45. The van der Waals surface area contributed by atoms with E-state index < -0.39 is 0 Å². The molecule has 0 saturated heterocycles. The van der Waals surface area contributed by atoms with E-state index in [-0.39, 0.29) is 0 Å². The first-order valence-electron chi connectivity index (χ1n) is 6.83. The average Bonchev–Trinajstić information content (AvgIpc) is 2.76. The molecule has 0 amide bonds. The van der Waals surface area contributed by atoms with Gasteiger partial charge in [-0.25, -0.2) is 0 Å². The molecule has 0 aromatic carbocycles. The highest BCUT2D eigenvalue weighted by molar-refractivity contribution is 7.05. The van der Waals surface area contributed by atoms with Crippen LogP contribution in [0.5, 0.6) is 0 Å². The van der Waals surface area contributed by atoms with Crippen molar-refractivity contribution in [3.63, 3.8) is 0 Å². The summed E-state index contributed by atoms with van der Waals surface area (Å²) in [5, 5.41) is 7.74. The number of hydrogen-bond acceptors (Lipinski definition) is 4. The lowest BCUT2D eigenvalue weighted by atomic mass is 9.84. The third-order valence-electron chi connectivity index (χ3n) is 3.75. The molecule has 1 aliphatic rings. The van der Waals surface area contributed by atoms with Crippen LogP contribution in [0.1, 0.15) is 62.1 Å². The second-order valence-electron chi connectivity index (χ2n) is 5.07. The van der Waals surface area contributed by atoms with Crippen LogP contribution in [-0.2, 0) is 0 Å². The van der Waals surface area contributed by atoms with E-state index in [4.69, 9.17) is 0 Å². The molecule has 0 radical (unpaired) electrons. The van der Waals surface area contributed by atoms with E-state index in [0.29, 0.717) is 6.04 Å². The Morgan fingerprint density at radius 3 is 2.71 bits per heavy atom. The Kier molecular flexibility index (Phi) is 4.92. The number of rotatable bonds is 5. The quantitative estimate of drug-likeness (QED) is 0.873. The molecule has 0 spiro atoms. The SMILES string of the molecule is CCNC(CC1CCCCC1)c1snnc1C. The zero-order valence-corrected chi connectivity index (χ0v) is 11.7. The largest absolute Gasteiger partial charge is 0.309 e. The molecule has 3 nitrogen and oxygen atoms in total. The van der Waals surface area contributed by atoms with Gasteiger partial charge in [0.25, 0.3) is 0 Å². The monoisotopic (exact) mass is 253 g/mol. The third kappa shape index (κ3) is 3.49. The summed E-state index contributed by atoms with van der Waals surface area (Å²) in [6, 6.07) is 0.475. The van der Waals surface area contributed by atoms with Gasteiger partial charge >= 0.3 is 0 Å². The lowest BCUT2D eigenvalue weighted by Gasteiger charge is -2.26. The number of nitrogens with one attached hydrogen (secondary N) is 1. The summed E-state index contributed by atoms with van der Waals surface area (Å²) >= 11 is 1.56. The smallest absolute Gasteiger partial charge is 0.0772 e. The zero-order chi connectivity index (χ0) is 12.1. The Balaban J connectivity index is 1.99. The minimum absolute atomic E-state index is 0.475. The van der Waals surface area contributed by atoms with Crippen molar-refractivity contribution in [3.05, 3.63) is 10.6 Å². The van der Waals surface area contributed by atoms with E-state index in [1.807, 2.05) is 0 Å². The van der Waals surface area contributed by atoms with Crippen molar-refractivity contribution in [1.29, 1.82) is 0 Å². The van der Waals surface area contributed by atoms with Gasteiger partial charge in [0, 0.05) is 6.04 Å². The molecule has 1 aromatic rings. The lowest BCUT2D eigenvalue weighted by Crippen LogP contribution is -2.24. The first-order chi connectivity index (χ1) is 8.31. The third-order valence-corrected chi connectivity index (χ3v) is 4.69. The van der Waals surface area contributed by atoms with Crippen LogP contribution in [0.4, 0.5) is 0 Å². The van der Waals surface area contributed by atoms with Crippen LogP contribution in [0.25, 0.3) is 0 Å². The maximum Gasteiger partial charge on any atom is 0.0772 e. The van der Waals surface area contributed by atoms with Crippen LogP contribution in [0, 0.1) is 12.8 Å². The van der Waals surface area contributed by atoms with Crippen molar-refractivity contribution in [1.82, 2.24) is 14.9 Å². The van der Waals surface area contributed by atoms with Gasteiger partial charge in [-0.15, -0.1) is 5.10 Å². The molecule has 1 aliphatic carbocycles. The van der Waals surface area contributed by atoms with Gasteiger partial charge in [0.05, 0.1) is 10.6 Å². The molecule has 1 saturated carbocycles. The zero-order valence-electron chi connectivity index (χ0n) is 10.9. The standard InChI is InChI=1S/C13H23N3S/c1-3-14-12(13-10(2)15-16-17-13)9-11-7-5-4-6-8-11/h11-12,14H,3-9H2,1-2H3. The highest BCUT2D eigenvalue weighted by Gasteiger charge is 2.22. The van der Waals surface area contributed by atoms with Gasteiger partial charge in [-0.1, -0.05) is 43.5 Å². The highest BCUT2D eigenvalue weighted by Crippen LogP contribution is 2.33. The Labute approximate surface area is 108 Å². The van der Waals surface area contributed by atoms with Gasteiger partial charge < -0.3 is 5.32 Å². The summed E-state index contributed by atoms with van der Waals surface area (Å²) in [6.45, 7) is 5.27. The minimum atomic E-state index is 0.475. The predicted molar refractivity (Wildman–Crippen MR) is 72.3 cm³/mol. The summed E-state index contributed by atoms with van der Waals surface area (Å²) in [5.74, 6) is 0.897. The molecular formula is C13H23N3S. The maximum absolute atomic E-state index is 4.14. The molecule has 2 rings (SSSR count). The molecular weight excluding hydrogens is 230 g/mol. The van der Waals surface area contributed by atoms with Crippen molar-refractivity contribution in [3.8, 4) is 0 Å². The molecule has 1 heterocycles. The Hall–Kier alpha value is -0.480. The van der Waals surface area contributed by atoms with Crippen molar-refractivity contribution in [2.45, 2.75) is 58.4 Å². The molecule has 1 atom stereocenters. The van der Waals surface area contributed by atoms with Crippen LogP contribution in [0.3, 0.4) is 0 Å². The second-order valence-corrected chi connectivity index (χ2v) is 5.86. The summed E-state index contributed by atoms with van der Waals surface area (Å²) in [5.41, 5.74) is 1.11. The lowest BCUT2D eigenvalue weighted by molar-refractivity contribution is 0.302. The Bertz CT molecular complexity index is 331. The molecule has 0 bridgehead atoms. The minimum Gasteiger partial charge on any atom is -0.309 e.